The van der Waals surface area contributed by atoms with Crippen LogP contribution in [0.25, 0.3) is 0 Å². The molecule has 0 aliphatic heterocycles. The average Bonchev–Trinajstić information content (AvgIpc) is 2.44. The van der Waals surface area contributed by atoms with Gasteiger partial charge in [0.2, 0.25) is 0 Å². The molecular formula is C17H24O5. The smallest absolute Gasteiger partial charge is 0.315 e. The van der Waals surface area contributed by atoms with Crippen molar-refractivity contribution in [2.24, 2.45) is 11.3 Å². The van der Waals surface area contributed by atoms with E-state index in [0.29, 0.717) is 32.1 Å². The second kappa shape index (κ2) is 5.86. The zero-order valence-corrected chi connectivity index (χ0v) is 13.7. The van der Waals surface area contributed by atoms with E-state index in [1.165, 1.54) is 7.11 Å². The first-order valence-electron chi connectivity index (χ1n) is 7.73. The van der Waals surface area contributed by atoms with E-state index < -0.39 is 11.0 Å². The quantitative estimate of drug-likeness (QED) is 0.733. The minimum Gasteiger partial charge on any atom is -0.468 e. The molecule has 5 nitrogen and oxygen atoms in total. The second-order valence-corrected chi connectivity index (χ2v) is 7.18. The van der Waals surface area contributed by atoms with E-state index in [1.54, 1.807) is 6.08 Å². The number of fused-ring (bicyclic) bond motifs is 1. The Morgan fingerprint density at radius 2 is 1.95 bits per heavy atom. The SMILES string of the molecule is COC(=O)[C@@]12CCC(=O)C=C1CCC(C(=O)OC(C)(C)C)C2. The van der Waals surface area contributed by atoms with Gasteiger partial charge in [-0.3, -0.25) is 14.4 Å². The maximum Gasteiger partial charge on any atom is 0.315 e. The second-order valence-electron chi connectivity index (χ2n) is 7.18. The number of ether oxygens (including phenoxy) is 2. The van der Waals surface area contributed by atoms with E-state index in [-0.39, 0.29) is 23.6 Å². The zero-order chi connectivity index (χ0) is 16.5. The molecule has 0 aromatic carbocycles. The fourth-order valence-corrected chi connectivity index (χ4v) is 3.40. The summed E-state index contributed by atoms with van der Waals surface area (Å²) in [6.45, 7) is 5.48. The van der Waals surface area contributed by atoms with Crippen LogP contribution in [0.1, 0.15) is 52.9 Å². The van der Waals surface area contributed by atoms with Crippen LogP contribution in [0.2, 0.25) is 0 Å². The van der Waals surface area contributed by atoms with E-state index >= 15 is 0 Å². The lowest BCUT2D eigenvalue weighted by Gasteiger charge is -2.42. The Hall–Kier alpha value is -1.65. The van der Waals surface area contributed by atoms with Crippen LogP contribution in [0.3, 0.4) is 0 Å². The van der Waals surface area contributed by atoms with Crippen molar-refractivity contribution in [3.63, 3.8) is 0 Å². The van der Waals surface area contributed by atoms with Crippen molar-refractivity contribution in [1.82, 2.24) is 0 Å². The fourth-order valence-electron chi connectivity index (χ4n) is 3.40. The summed E-state index contributed by atoms with van der Waals surface area (Å²) in [7, 11) is 1.35. The van der Waals surface area contributed by atoms with Crippen LogP contribution in [0.15, 0.2) is 11.6 Å². The molecule has 0 bridgehead atoms. The van der Waals surface area contributed by atoms with E-state index in [2.05, 4.69) is 0 Å². The summed E-state index contributed by atoms with van der Waals surface area (Å²) < 4.78 is 10.4. The van der Waals surface area contributed by atoms with Gasteiger partial charge >= 0.3 is 11.9 Å². The summed E-state index contributed by atoms with van der Waals surface area (Å²) in [6, 6.07) is 0. The Morgan fingerprint density at radius 3 is 2.55 bits per heavy atom. The Bertz CT molecular complexity index is 526. The number of allylic oxidation sites excluding steroid dienone is 1. The van der Waals surface area contributed by atoms with Gasteiger partial charge in [-0.15, -0.1) is 0 Å². The third-order valence-electron chi connectivity index (χ3n) is 4.42. The molecule has 1 fully saturated rings. The molecule has 5 heteroatoms. The highest BCUT2D eigenvalue weighted by Crippen LogP contribution is 2.50. The summed E-state index contributed by atoms with van der Waals surface area (Å²) >= 11 is 0. The van der Waals surface area contributed by atoms with Gasteiger partial charge in [0, 0.05) is 6.42 Å². The van der Waals surface area contributed by atoms with Crippen LogP contribution >= 0.6 is 0 Å². The Morgan fingerprint density at radius 1 is 1.27 bits per heavy atom. The molecule has 2 aliphatic carbocycles. The number of ketones is 1. The molecule has 2 aliphatic rings. The normalized spacial score (nSPS) is 28.5. The lowest BCUT2D eigenvalue weighted by Crippen LogP contribution is -2.44. The molecule has 22 heavy (non-hydrogen) atoms. The number of hydrogen-bond donors (Lipinski definition) is 0. The van der Waals surface area contributed by atoms with Gasteiger partial charge in [0.25, 0.3) is 0 Å². The minimum atomic E-state index is -0.831. The molecule has 0 radical (unpaired) electrons. The highest BCUT2D eigenvalue weighted by molar-refractivity contribution is 5.95. The molecule has 0 N–H and O–H groups in total. The molecule has 122 valence electrons. The lowest BCUT2D eigenvalue weighted by molar-refractivity contribution is -0.164. The van der Waals surface area contributed by atoms with Crippen molar-refractivity contribution >= 4 is 17.7 Å². The van der Waals surface area contributed by atoms with Gasteiger partial charge in [-0.25, -0.2) is 0 Å². The van der Waals surface area contributed by atoms with Gasteiger partial charge in [0.15, 0.2) is 5.78 Å². The van der Waals surface area contributed by atoms with Crippen LogP contribution in [-0.4, -0.2) is 30.4 Å². The fraction of sp³-hybridized carbons (Fsp3) is 0.706. The molecule has 0 spiro atoms. The van der Waals surface area contributed by atoms with Crippen LogP contribution in [0.4, 0.5) is 0 Å². The third kappa shape index (κ3) is 3.23. The van der Waals surface area contributed by atoms with Gasteiger partial charge in [0.1, 0.15) is 5.60 Å². The molecule has 1 saturated carbocycles. The number of carbonyl (C=O) groups is 3. The van der Waals surface area contributed by atoms with Crippen molar-refractivity contribution in [2.45, 2.75) is 58.5 Å². The van der Waals surface area contributed by atoms with E-state index in [4.69, 9.17) is 9.47 Å². The van der Waals surface area contributed by atoms with Crippen LogP contribution in [-0.2, 0) is 23.9 Å². The maximum atomic E-state index is 12.4. The molecule has 0 aromatic rings. The average molecular weight is 308 g/mol. The zero-order valence-electron chi connectivity index (χ0n) is 13.7. The molecule has 1 unspecified atom stereocenters. The summed E-state index contributed by atoms with van der Waals surface area (Å²) in [5.41, 5.74) is -0.563. The van der Waals surface area contributed by atoms with Crippen molar-refractivity contribution in [1.29, 1.82) is 0 Å². The number of rotatable bonds is 2. The first-order chi connectivity index (χ1) is 10.2. The summed E-state index contributed by atoms with van der Waals surface area (Å²) in [5, 5.41) is 0. The van der Waals surface area contributed by atoms with Crippen molar-refractivity contribution < 1.29 is 23.9 Å². The van der Waals surface area contributed by atoms with Crippen molar-refractivity contribution in [3.05, 3.63) is 11.6 Å². The van der Waals surface area contributed by atoms with Gasteiger partial charge in [-0.2, -0.15) is 0 Å². The van der Waals surface area contributed by atoms with Crippen LogP contribution < -0.4 is 0 Å². The number of methoxy groups -OCH3 is 1. The Labute approximate surface area is 131 Å². The molecular weight excluding hydrogens is 284 g/mol. The van der Waals surface area contributed by atoms with Crippen molar-refractivity contribution in [2.75, 3.05) is 7.11 Å². The van der Waals surface area contributed by atoms with Gasteiger partial charge < -0.3 is 9.47 Å². The summed E-state index contributed by atoms with van der Waals surface area (Å²) in [5.74, 6) is -0.903. The van der Waals surface area contributed by atoms with E-state index in [1.807, 2.05) is 20.8 Å². The van der Waals surface area contributed by atoms with Crippen LogP contribution in [0.5, 0.6) is 0 Å². The molecule has 0 saturated heterocycles. The predicted octanol–water partition coefficient (Wildman–Crippen LogP) is 2.58. The molecule has 2 rings (SSSR count). The van der Waals surface area contributed by atoms with Gasteiger partial charge in [0.05, 0.1) is 18.4 Å². The van der Waals surface area contributed by atoms with E-state index in [9.17, 15) is 14.4 Å². The number of carbonyl (C=O) groups excluding carboxylic acids is 3. The van der Waals surface area contributed by atoms with E-state index in [0.717, 1.165) is 5.57 Å². The monoisotopic (exact) mass is 308 g/mol. The highest BCUT2D eigenvalue weighted by atomic mass is 16.6. The Balaban J connectivity index is 2.25. The minimum absolute atomic E-state index is 0.0465. The van der Waals surface area contributed by atoms with Crippen molar-refractivity contribution in [3.8, 4) is 0 Å². The first kappa shape index (κ1) is 16.7. The molecule has 0 aromatic heterocycles. The first-order valence-corrected chi connectivity index (χ1v) is 7.73. The Kier molecular flexibility index (Phi) is 4.45. The largest absolute Gasteiger partial charge is 0.468 e. The maximum absolute atomic E-state index is 12.4. The lowest BCUT2D eigenvalue weighted by atomic mass is 9.61. The third-order valence-corrected chi connectivity index (χ3v) is 4.42. The van der Waals surface area contributed by atoms with Crippen LogP contribution in [0, 0.1) is 11.3 Å². The molecule has 0 amide bonds. The van der Waals surface area contributed by atoms with Gasteiger partial charge in [-0.1, -0.05) is 0 Å². The standard InChI is InChI=1S/C17H24O5/c1-16(2,3)22-14(19)11-5-6-12-9-13(18)7-8-17(12,10-11)15(20)21-4/h9,11H,5-8,10H2,1-4H3/t11?,17-/m1/s1. The number of hydrogen-bond acceptors (Lipinski definition) is 5. The molecule has 0 heterocycles. The highest BCUT2D eigenvalue weighted by Gasteiger charge is 2.51. The number of esters is 2. The molecule has 2 atom stereocenters. The van der Waals surface area contributed by atoms with Gasteiger partial charge in [-0.05, 0) is 58.1 Å². The predicted molar refractivity (Wildman–Crippen MR) is 80.0 cm³/mol. The summed E-state index contributed by atoms with van der Waals surface area (Å²) in [6.07, 6.45) is 3.85. The summed E-state index contributed by atoms with van der Waals surface area (Å²) in [4.78, 5) is 36.4. The topological polar surface area (TPSA) is 69.7 Å².